The Hall–Kier alpha value is -4.13. The Morgan fingerprint density at radius 3 is 1.52 bits per heavy atom. The molecule has 329 valence electrons. The number of carbonyl (C=O) groups excluding carboxylic acids is 2. The van der Waals surface area contributed by atoms with Crippen molar-refractivity contribution in [1.29, 1.82) is 0 Å². The molecular weight excluding hydrogens is 830 g/mol. The molecule has 0 unspecified atom stereocenters. The number of nitrogens with one attached hydrogen (secondary N) is 2. The van der Waals surface area contributed by atoms with Crippen LogP contribution in [0.15, 0.2) is 109 Å². The molecule has 9 nitrogen and oxygen atoms in total. The summed E-state index contributed by atoms with van der Waals surface area (Å²) >= 11 is 0. The smallest absolute Gasteiger partial charge is 1.00 e. The Kier molecular flexibility index (Phi) is 19.0. The second kappa shape index (κ2) is 23.9. The quantitative estimate of drug-likeness (QED) is 0.0839. The summed E-state index contributed by atoms with van der Waals surface area (Å²) in [5.41, 5.74) is 6.08. The van der Waals surface area contributed by atoms with Crippen molar-refractivity contribution in [1.82, 2.24) is 9.97 Å². The number of Topliss-reactive ketones (excluding diaryl/α,β-unsaturated/α-hetero) is 2. The van der Waals surface area contributed by atoms with E-state index in [1.807, 2.05) is 93.0 Å². The van der Waals surface area contributed by atoms with Crippen molar-refractivity contribution in [3.8, 4) is 0 Å². The topological polar surface area (TPSA) is 123 Å². The van der Waals surface area contributed by atoms with E-state index in [0.717, 1.165) is 120 Å². The molecule has 6 aromatic rings. The van der Waals surface area contributed by atoms with Gasteiger partial charge < -0.3 is 26.6 Å². The van der Waals surface area contributed by atoms with Crippen LogP contribution in [0, 0.1) is 13.8 Å². The molecule has 1 spiro atoms. The van der Waals surface area contributed by atoms with Gasteiger partial charge in [-0.15, -0.1) is 12.4 Å². The molecule has 64 heavy (non-hydrogen) atoms. The van der Waals surface area contributed by atoms with Gasteiger partial charge in [-0.25, -0.2) is 9.97 Å². The zero-order valence-corrected chi connectivity index (χ0v) is 40.3. The van der Waals surface area contributed by atoms with E-state index in [9.17, 15) is 14.7 Å². The molecule has 2 aliphatic carbocycles. The predicted molar refractivity (Wildman–Crippen MR) is 258 cm³/mol. The first-order valence-electron chi connectivity index (χ1n) is 22.1. The number of hydrogen-bond donors (Lipinski definition) is 3. The number of halogens is 1. The fourth-order valence-electron chi connectivity index (χ4n) is 9.08. The van der Waals surface area contributed by atoms with Crippen molar-refractivity contribution in [3.05, 3.63) is 143 Å². The van der Waals surface area contributed by atoms with Crippen LogP contribution in [0.2, 0.25) is 0 Å². The first kappa shape index (κ1) is 50.9. The van der Waals surface area contributed by atoms with Crippen LogP contribution in [0.5, 0.6) is 0 Å². The van der Waals surface area contributed by atoms with Crippen molar-refractivity contribution in [3.63, 3.8) is 0 Å². The number of aromatic nitrogens is 2. The number of benzene rings is 4. The van der Waals surface area contributed by atoms with Crippen LogP contribution in [0.3, 0.4) is 0 Å². The van der Waals surface area contributed by atoms with Crippen LogP contribution < -0.4 is 40.2 Å². The summed E-state index contributed by atoms with van der Waals surface area (Å²) in [6, 6.07) is 33.1. The van der Waals surface area contributed by atoms with Gasteiger partial charge in [-0.3, -0.25) is 9.59 Å². The molecule has 3 aliphatic rings. The van der Waals surface area contributed by atoms with Crippen molar-refractivity contribution >= 4 is 65.6 Å². The first-order valence-corrected chi connectivity index (χ1v) is 22.1. The van der Waals surface area contributed by atoms with E-state index < -0.39 is 0 Å². The molecule has 3 heterocycles. The average Bonchev–Trinajstić information content (AvgIpc) is 3.74. The molecule has 12 heteroatoms. The zero-order valence-electron chi connectivity index (χ0n) is 38.5. The van der Waals surface area contributed by atoms with Gasteiger partial charge in [0.15, 0.2) is 17.4 Å². The summed E-state index contributed by atoms with van der Waals surface area (Å²) in [5.74, 6) is 1.71. The third kappa shape index (κ3) is 13.2. The SMILES string of the molecule is Cc1cc(C(=O)CCc2ccccc2)cc2cc(NC3CCC(O)CC3)ncc12.Cc1cc(C(=O)CCc2ccccc2)cc2cc(NC3CCC4(CC3)OCCO4)ncc12.Cl.[B].[H-].[Na+]. The Bertz CT molecular complexity index is 2460. The number of ketones is 2. The number of anilines is 2. The molecule has 3 radical (unpaired) electrons. The van der Waals surface area contributed by atoms with Crippen LogP contribution in [-0.2, 0) is 22.3 Å². The number of ether oxygens (including phenoxy) is 2. The number of aliphatic hydroxyl groups is 1. The summed E-state index contributed by atoms with van der Waals surface area (Å²) in [6.07, 6.45) is 13.6. The molecule has 3 fully saturated rings. The van der Waals surface area contributed by atoms with Crippen molar-refractivity contribution in [2.24, 2.45) is 0 Å². The van der Waals surface area contributed by atoms with Gasteiger partial charge in [0.05, 0.1) is 19.3 Å². The summed E-state index contributed by atoms with van der Waals surface area (Å²) in [6.45, 7) is 5.49. The van der Waals surface area contributed by atoms with Gasteiger partial charge in [0.1, 0.15) is 11.6 Å². The van der Waals surface area contributed by atoms with Gasteiger partial charge in [0.25, 0.3) is 0 Å². The number of aliphatic hydroxyl groups excluding tert-OH is 1. The first-order chi connectivity index (χ1) is 29.7. The monoisotopic (exact) mass is 889 g/mol. The molecule has 0 atom stereocenters. The van der Waals surface area contributed by atoms with Crippen LogP contribution in [-0.4, -0.2) is 72.2 Å². The van der Waals surface area contributed by atoms with Gasteiger partial charge >= 0.3 is 29.6 Å². The third-order valence-electron chi connectivity index (χ3n) is 12.7. The molecule has 3 N–H and O–H groups in total. The largest absolute Gasteiger partial charge is 1.00 e. The van der Waals surface area contributed by atoms with E-state index in [-0.39, 0.29) is 75.3 Å². The van der Waals surface area contributed by atoms with E-state index in [0.29, 0.717) is 38.1 Å². The number of fused-ring (bicyclic) bond motifs is 2. The number of aryl methyl sites for hydroxylation is 4. The van der Waals surface area contributed by atoms with E-state index in [4.69, 9.17) is 9.47 Å². The molecule has 4 aromatic carbocycles. The number of nitrogens with zero attached hydrogens (tertiary/aromatic N) is 2. The summed E-state index contributed by atoms with van der Waals surface area (Å²) < 4.78 is 11.7. The van der Waals surface area contributed by atoms with Crippen LogP contribution in [0.1, 0.15) is 109 Å². The fraction of sp³-hybridized carbons (Fsp3) is 0.385. The van der Waals surface area contributed by atoms with Crippen molar-refractivity contribution in [2.75, 3.05) is 23.8 Å². The van der Waals surface area contributed by atoms with Gasteiger partial charge in [-0.05, 0) is 135 Å². The second-order valence-corrected chi connectivity index (χ2v) is 17.2. The van der Waals surface area contributed by atoms with Gasteiger partial charge in [0, 0.05) is 80.5 Å². The second-order valence-electron chi connectivity index (χ2n) is 17.2. The maximum atomic E-state index is 12.9. The minimum Gasteiger partial charge on any atom is -1.00 e. The van der Waals surface area contributed by atoms with Crippen molar-refractivity contribution in [2.45, 2.75) is 115 Å². The van der Waals surface area contributed by atoms with E-state index >= 15 is 0 Å². The summed E-state index contributed by atoms with van der Waals surface area (Å²) in [4.78, 5) is 34.9. The normalized spacial score (nSPS) is 17.9. The van der Waals surface area contributed by atoms with E-state index in [1.54, 1.807) is 0 Å². The van der Waals surface area contributed by atoms with Crippen LogP contribution in [0.4, 0.5) is 11.6 Å². The molecule has 2 saturated carbocycles. The number of carbonyl (C=O) groups is 2. The molecule has 1 aliphatic heterocycles. The van der Waals surface area contributed by atoms with Gasteiger partial charge in [0.2, 0.25) is 0 Å². The Morgan fingerprint density at radius 2 is 1.08 bits per heavy atom. The Morgan fingerprint density at radius 1 is 0.656 bits per heavy atom. The maximum Gasteiger partial charge on any atom is 1.00 e. The number of pyridine rings is 2. The summed E-state index contributed by atoms with van der Waals surface area (Å²) in [5, 5.41) is 21.0. The average molecular weight is 890 g/mol. The standard InChI is InChI=1S/C27H30N2O3.C25H28N2O2.B.ClH.Na.H/c1-19-15-22(25(30)8-7-20-5-3-2-4-6-20)16-21-17-26(28-18-24(19)21)29-23-9-11-27(12-10-23)31-13-14-32-27;1-17-13-20(24(29)12-7-18-5-3-2-4-6-18)14-19-15-25(26-16-23(17)19)27-21-8-10-22(28)11-9-21;;;;/h2-6,15-18,23H,7-14H2,1H3,(H,28,29);2-6,13-16,21-22,28H,7-12H2,1H3,(H,26,27);;1H;;/q;;;;+1;-1. The Balaban J connectivity index is 0.000000269. The van der Waals surface area contributed by atoms with E-state index in [2.05, 4.69) is 50.9 Å². The van der Waals surface area contributed by atoms with Crippen molar-refractivity contribution < 1.29 is 55.2 Å². The van der Waals surface area contributed by atoms with Gasteiger partial charge in [-0.2, -0.15) is 0 Å². The molecule has 2 aromatic heterocycles. The third-order valence-corrected chi connectivity index (χ3v) is 12.7. The minimum atomic E-state index is -0.346. The zero-order chi connectivity index (χ0) is 42.2. The predicted octanol–water partition coefficient (Wildman–Crippen LogP) is 7.69. The fourth-order valence-corrected chi connectivity index (χ4v) is 9.08. The summed E-state index contributed by atoms with van der Waals surface area (Å²) in [7, 11) is 0. The molecule has 0 bridgehead atoms. The number of rotatable bonds is 12. The minimum absolute atomic E-state index is 0. The molecular formula is C52H60BClN4NaO5. The molecule has 0 amide bonds. The molecule has 1 saturated heterocycles. The van der Waals surface area contributed by atoms with Gasteiger partial charge in [-0.1, -0.05) is 60.7 Å². The van der Waals surface area contributed by atoms with Crippen LogP contribution in [0.25, 0.3) is 21.5 Å². The number of hydrogen-bond acceptors (Lipinski definition) is 9. The van der Waals surface area contributed by atoms with E-state index in [1.165, 1.54) is 11.1 Å². The van der Waals surface area contributed by atoms with Crippen LogP contribution >= 0.6 is 12.4 Å². The molecule has 9 rings (SSSR count). The Labute approximate surface area is 409 Å². The maximum absolute atomic E-state index is 12.9.